The lowest BCUT2D eigenvalue weighted by molar-refractivity contribution is -0.00694. The molecule has 13 heavy (non-hydrogen) atoms. The highest BCUT2D eigenvalue weighted by atomic mass is 16.5. The van der Waals surface area contributed by atoms with Crippen molar-refractivity contribution in [1.82, 2.24) is 0 Å². The molecule has 1 saturated carbocycles. The second kappa shape index (κ2) is 5.61. The van der Waals surface area contributed by atoms with Crippen LogP contribution in [0.2, 0.25) is 0 Å². The quantitative estimate of drug-likeness (QED) is 0.668. The van der Waals surface area contributed by atoms with Crippen LogP contribution in [0, 0.1) is 0 Å². The molecule has 1 fully saturated rings. The highest BCUT2D eigenvalue weighted by molar-refractivity contribution is 4.81. The molecular weight excluding hydrogens is 164 g/mol. The SMILES string of the molecule is COCCCCC1(O)CCCCC1. The molecule has 0 spiro atoms. The molecule has 0 amide bonds. The Hall–Kier alpha value is -0.0800. The fourth-order valence-electron chi connectivity index (χ4n) is 2.16. The fourth-order valence-corrected chi connectivity index (χ4v) is 2.16. The van der Waals surface area contributed by atoms with Crippen LogP contribution in [-0.4, -0.2) is 24.4 Å². The van der Waals surface area contributed by atoms with E-state index in [1.807, 2.05) is 0 Å². The number of hydrogen-bond donors (Lipinski definition) is 1. The van der Waals surface area contributed by atoms with E-state index >= 15 is 0 Å². The topological polar surface area (TPSA) is 29.5 Å². The zero-order valence-electron chi connectivity index (χ0n) is 8.72. The zero-order chi connectivity index (χ0) is 9.57. The van der Waals surface area contributed by atoms with Crippen LogP contribution in [0.1, 0.15) is 51.4 Å². The monoisotopic (exact) mass is 186 g/mol. The summed E-state index contributed by atoms with van der Waals surface area (Å²) in [6, 6.07) is 0. The van der Waals surface area contributed by atoms with Crippen molar-refractivity contribution in [2.75, 3.05) is 13.7 Å². The average Bonchev–Trinajstić information content (AvgIpc) is 2.14. The van der Waals surface area contributed by atoms with Gasteiger partial charge in [0.1, 0.15) is 0 Å². The van der Waals surface area contributed by atoms with Crippen LogP contribution in [0.25, 0.3) is 0 Å². The maximum atomic E-state index is 10.1. The van der Waals surface area contributed by atoms with E-state index in [1.54, 1.807) is 7.11 Å². The normalized spacial score (nSPS) is 21.7. The highest BCUT2D eigenvalue weighted by Crippen LogP contribution is 2.31. The minimum Gasteiger partial charge on any atom is -0.390 e. The Morgan fingerprint density at radius 2 is 1.85 bits per heavy atom. The highest BCUT2D eigenvalue weighted by Gasteiger charge is 2.27. The van der Waals surface area contributed by atoms with Crippen LogP contribution >= 0.6 is 0 Å². The van der Waals surface area contributed by atoms with Gasteiger partial charge in [0.15, 0.2) is 0 Å². The minimum absolute atomic E-state index is 0.327. The standard InChI is InChI=1S/C11H22O2/c1-13-10-6-5-9-11(12)7-3-2-4-8-11/h12H,2-10H2,1H3. The fraction of sp³-hybridized carbons (Fsp3) is 1.00. The van der Waals surface area contributed by atoms with Crippen LogP contribution in [0.5, 0.6) is 0 Å². The number of aliphatic hydroxyl groups is 1. The Bertz CT molecular complexity index is 128. The molecule has 0 bridgehead atoms. The van der Waals surface area contributed by atoms with E-state index in [0.29, 0.717) is 0 Å². The van der Waals surface area contributed by atoms with Crippen LogP contribution in [0.15, 0.2) is 0 Å². The van der Waals surface area contributed by atoms with Crippen LogP contribution in [0.4, 0.5) is 0 Å². The van der Waals surface area contributed by atoms with Crippen LogP contribution < -0.4 is 0 Å². The molecule has 2 heteroatoms. The summed E-state index contributed by atoms with van der Waals surface area (Å²) >= 11 is 0. The van der Waals surface area contributed by atoms with Crippen molar-refractivity contribution >= 4 is 0 Å². The lowest BCUT2D eigenvalue weighted by Gasteiger charge is -2.32. The Balaban J connectivity index is 2.10. The van der Waals surface area contributed by atoms with Gasteiger partial charge in [-0.05, 0) is 32.1 Å². The summed E-state index contributed by atoms with van der Waals surface area (Å²) in [5, 5.41) is 10.1. The maximum Gasteiger partial charge on any atom is 0.0647 e. The van der Waals surface area contributed by atoms with Gasteiger partial charge in [-0.15, -0.1) is 0 Å². The molecular formula is C11H22O2. The van der Waals surface area contributed by atoms with Crippen molar-refractivity contribution in [3.05, 3.63) is 0 Å². The van der Waals surface area contributed by atoms with Gasteiger partial charge in [-0.1, -0.05) is 19.3 Å². The average molecular weight is 186 g/mol. The van der Waals surface area contributed by atoms with E-state index in [0.717, 1.165) is 38.7 Å². The predicted molar refractivity (Wildman–Crippen MR) is 53.8 cm³/mol. The van der Waals surface area contributed by atoms with E-state index < -0.39 is 0 Å². The predicted octanol–water partition coefficient (Wildman–Crippen LogP) is 2.50. The van der Waals surface area contributed by atoms with Gasteiger partial charge in [0, 0.05) is 13.7 Å². The molecule has 0 saturated heterocycles. The summed E-state index contributed by atoms with van der Waals surface area (Å²) < 4.78 is 4.98. The minimum atomic E-state index is -0.327. The molecule has 0 radical (unpaired) electrons. The van der Waals surface area contributed by atoms with E-state index in [9.17, 15) is 5.11 Å². The first-order chi connectivity index (χ1) is 6.27. The molecule has 0 unspecified atom stereocenters. The third kappa shape index (κ3) is 4.10. The van der Waals surface area contributed by atoms with E-state index in [2.05, 4.69) is 0 Å². The molecule has 1 N–H and O–H groups in total. The summed E-state index contributed by atoms with van der Waals surface area (Å²) in [6.45, 7) is 0.829. The van der Waals surface area contributed by atoms with E-state index in [1.165, 1.54) is 19.3 Å². The van der Waals surface area contributed by atoms with Crippen molar-refractivity contribution in [2.24, 2.45) is 0 Å². The lowest BCUT2D eigenvalue weighted by Crippen LogP contribution is -2.31. The van der Waals surface area contributed by atoms with Crippen molar-refractivity contribution < 1.29 is 9.84 Å². The maximum absolute atomic E-state index is 10.1. The molecule has 0 aromatic heterocycles. The number of hydrogen-bond acceptors (Lipinski definition) is 2. The Labute approximate surface area is 81.3 Å². The first kappa shape index (κ1) is 11.0. The molecule has 78 valence electrons. The second-order valence-corrected chi connectivity index (χ2v) is 4.23. The van der Waals surface area contributed by atoms with Gasteiger partial charge in [-0.2, -0.15) is 0 Å². The molecule has 1 rings (SSSR count). The number of ether oxygens (including phenoxy) is 1. The molecule has 0 aliphatic heterocycles. The van der Waals surface area contributed by atoms with E-state index in [4.69, 9.17) is 4.74 Å². The summed E-state index contributed by atoms with van der Waals surface area (Å²) in [5.41, 5.74) is -0.327. The Morgan fingerprint density at radius 3 is 2.46 bits per heavy atom. The third-order valence-electron chi connectivity index (χ3n) is 3.02. The molecule has 0 heterocycles. The smallest absolute Gasteiger partial charge is 0.0647 e. The number of rotatable bonds is 5. The largest absolute Gasteiger partial charge is 0.390 e. The molecule has 1 aliphatic carbocycles. The Kier molecular flexibility index (Phi) is 4.74. The van der Waals surface area contributed by atoms with Crippen molar-refractivity contribution in [1.29, 1.82) is 0 Å². The van der Waals surface area contributed by atoms with Crippen LogP contribution in [0.3, 0.4) is 0 Å². The summed E-state index contributed by atoms with van der Waals surface area (Å²) in [5.74, 6) is 0. The van der Waals surface area contributed by atoms with Gasteiger partial charge < -0.3 is 9.84 Å². The summed E-state index contributed by atoms with van der Waals surface area (Å²) in [4.78, 5) is 0. The van der Waals surface area contributed by atoms with Crippen molar-refractivity contribution in [3.8, 4) is 0 Å². The van der Waals surface area contributed by atoms with Gasteiger partial charge >= 0.3 is 0 Å². The molecule has 0 aromatic rings. The zero-order valence-corrected chi connectivity index (χ0v) is 8.72. The van der Waals surface area contributed by atoms with Gasteiger partial charge in [0.25, 0.3) is 0 Å². The molecule has 1 aliphatic rings. The van der Waals surface area contributed by atoms with E-state index in [-0.39, 0.29) is 5.60 Å². The molecule has 0 atom stereocenters. The summed E-state index contributed by atoms with van der Waals surface area (Å²) in [7, 11) is 1.73. The van der Waals surface area contributed by atoms with Gasteiger partial charge in [0.2, 0.25) is 0 Å². The lowest BCUT2D eigenvalue weighted by atomic mass is 9.81. The Morgan fingerprint density at radius 1 is 1.15 bits per heavy atom. The molecule has 2 nitrogen and oxygen atoms in total. The third-order valence-corrected chi connectivity index (χ3v) is 3.02. The number of unbranched alkanes of at least 4 members (excludes halogenated alkanes) is 1. The van der Waals surface area contributed by atoms with Gasteiger partial charge in [-0.3, -0.25) is 0 Å². The van der Waals surface area contributed by atoms with Gasteiger partial charge in [-0.25, -0.2) is 0 Å². The second-order valence-electron chi connectivity index (χ2n) is 4.23. The number of methoxy groups -OCH3 is 1. The van der Waals surface area contributed by atoms with Gasteiger partial charge in [0.05, 0.1) is 5.60 Å². The first-order valence-electron chi connectivity index (χ1n) is 5.48. The van der Waals surface area contributed by atoms with Crippen LogP contribution in [-0.2, 0) is 4.74 Å². The molecule has 0 aromatic carbocycles. The summed E-state index contributed by atoms with van der Waals surface area (Å²) in [6.07, 6.45) is 8.90. The first-order valence-corrected chi connectivity index (χ1v) is 5.48. The van der Waals surface area contributed by atoms with Crippen molar-refractivity contribution in [2.45, 2.75) is 57.0 Å². The van der Waals surface area contributed by atoms with Crippen molar-refractivity contribution in [3.63, 3.8) is 0 Å².